The average molecular weight is 436 g/mol. The molecule has 0 amide bonds. The van der Waals surface area contributed by atoms with E-state index in [2.05, 4.69) is 4.74 Å². The van der Waals surface area contributed by atoms with Crippen LogP contribution in [-0.2, 0) is 22.6 Å². The van der Waals surface area contributed by atoms with Gasteiger partial charge >= 0.3 is 18.0 Å². The van der Waals surface area contributed by atoms with E-state index in [4.69, 9.17) is 4.74 Å². The van der Waals surface area contributed by atoms with Crippen LogP contribution in [0.2, 0.25) is 0 Å². The second-order valence-electron chi connectivity index (χ2n) is 7.42. The van der Waals surface area contributed by atoms with Crippen LogP contribution in [0.25, 0.3) is 10.2 Å². The highest BCUT2D eigenvalue weighted by Gasteiger charge is 2.30. The van der Waals surface area contributed by atoms with Crippen LogP contribution in [0.4, 0.5) is 13.2 Å². The van der Waals surface area contributed by atoms with Crippen LogP contribution < -0.4 is 11.2 Å². The van der Waals surface area contributed by atoms with Crippen molar-refractivity contribution >= 4 is 27.5 Å². The second-order valence-corrected chi connectivity index (χ2v) is 8.42. The molecule has 162 valence electrons. The largest absolute Gasteiger partial charge is 0.522 e. The Kier molecular flexibility index (Phi) is 6.63. The van der Waals surface area contributed by atoms with Gasteiger partial charge in [-0.15, -0.1) is 24.5 Å². The highest BCUT2D eigenvalue weighted by Crippen LogP contribution is 2.30. The summed E-state index contributed by atoms with van der Waals surface area (Å²) in [7, 11) is 0. The van der Waals surface area contributed by atoms with Gasteiger partial charge in [-0.25, -0.2) is 9.59 Å². The lowest BCUT2D eigenvalue weighted by molar-refractivity contribution is -0.325. The molecule has 0 bridgehead atoms. The summed E-state index contributed by atoms with van der Waals surface area (Å²) in [4.78, 5) is 38.4. The van der Waals surface area contributed by atoms with Crippen LogP contribution in [0, 0.1) is 6.92 Å². The second kappa shape index (κ2) is 8.31. The number of halogens is 3. The zero-order valence-corrected chi connectivity index (χ0v) is 17.6. The first kappa shape index (κ1) is 23.1. The van der Waals surface area contributed by atoms with Crippen LogP contribution in [0.15, 0.2) is 9.59 Å². The molecule has 0 saturated carbocycles. The van der Waals surface area contributed by atoms with E-state index < -0.39 is 42.3 Å². The van der Waals surface area contributed by atoms with E-state index in [0.29, 0.717) is 12.0 Å². The minimum Gasteiger partial charge on any atom is -0.456 e. The Morgan fingerprint density at radius 3 is 2.24 bits per heavy atom. The number of alkyl halides is 3. The van der Waals surface area contributed by atoms with Gasteiger partial charge in [0.2, 0.25) is 0 Å². The first-order valence-electron chi connectivity index (χ1n) is 8.97. The van der Waals surface area contributed by atoms with Crippen molar-refractivity contribution in [2.24, 2.45) is 0 Å². The normalized spacial score (nSPS) is 12.6. The van der Waals surface area contributed by atoms with Crippen molar-refractivity contribution in [3.05, 3.63) is 31.3 Å². The van der Waals surface area contributed by atoms with E-state index in [1.165, 1.54) is 0 Å². The molecule has 0 aromatic carbocycles. The van der Waals surface area contributed by atoms with Gasteiger partial charge in [0, 0.05) is 6.54 Å². The van der Waals surface area contributed by atoms with Crippen molar-refractivity contribution in [1.82, 2.24) is 9.13 Å². The van der Waals surface area contributed by atoms with Crippen molar-refractivity contribution in [2.75, 3.05) is 6.61 Å². The summed E-state index contributed by atoms with van der Waals surface area (Å²) in [6.07, 6.45) is -4.37. The SMILES string of the molecule is CCCn1c(=O)c2c(C)c(C(=O)OC(C)(C)C)sc2n(CCOC(F)(F)F)c1=O. The average Bonchev–Trinajstić information content (AvgIpc) is 2.89. The maximum atomic E-state index is 12.9. The number of aromatic nitrogens is 2. The lowest BCUT2D eigenvalue weighted by atomic mass is 10.2. The number of hydrogen-bond donors (Lipinski definition) is 0. The van der Waals surface area contributed by atoms with Crippen LogP contribution >= 0.6 is 11.3 Å². The molecule has 11 heteroatoms. The van der Waals surface area contributed by atoms with E-state index in [1.807, 2.05) is 0 Å². The van der Waals surface area contributed by atoms with E-state index >= 15 is 0 Å². The number of esters is 1. The minimum atomic E-state index is -4.84. The minimum absolute atomic E-state index is 0.102. The molecule has 0 unspecified atom stereocenters. The van der Waals surface area contributed by atoms with Crippen molar-refractivity contribution in [2.45, 2.75) is 66.1 Å². The maximum Gasteiger partial charge on any atom is 0.522 e. The number of nitrogens with zero attached hydrogens (tertiary/aromatic N) is 2. The molecule has 2 aromatic heterocycles. The van der Waals surface area contributed by atoms with Gasteiger partial charge < -0.3 is 4.74 Å². The number of fused-ring (bicyclic) bond motifs is 1. The molecule has 0 spiro atoms. The van der Waals surface area contributed by atoms with Crippen LogP contribution in [0.1, 0.15) is 49.4 Å². The molecule has 7 nitrogen and oxygen atoms in total. The molecule has 29 heavy (non-hydrogen) atoms. The molecule has 0 radical (unpaired) electrons. The third kappa shape index (κ3) is 5.27. The molecular weight excluding hydrogens is 413 g/mol. The maximum absolute atomic E-state index is 12.9. The van der Waals surface area contributed by atoms with Gasteiger partial charge in [0.1, 0.15) is 15.3 Å². The summed E-state index contributed by atoms with van der Waals surface area (Å²) in [5.74, 6) is -0.664. The van der Waals surface area contributed by atoms with E-state index in [1.54, 1.807) is 34.6 Å². The van der Waals surface area contributed by atoms with Crippen LogP contribution in [0.5, 0.6) is 0 Å². The molecule has 2 heterocycles. The predicted octanol–water partition coefficient (Wildman–Crippen LogP) is 3.43. The smallest absolute Gasteiger partial charge is 0.456 e. The summed E-state index contributed by atoms with van der Waals surface area (Å²) in [5.41, 5.74) is -1.77. The zero-order valence-electron chi connectivity index (χ0n) is 16.8. The Morgan fingerprint density at radius 1 is 1.10 bits per heavy atom. The summed E-state index contributed by atoms with van der Waals surface area (Å²) in [5, 5.41) is 0.121. The number of hydrogen-bond acceptors (Lipinski definition) is 6. The van der Waals surface area contributed by atoms with Gasteiger partial charge in [0.05, 0.1) is 18.5 Å². The fourth-order valence-corrected chi connectivity index (χ4v) is 3.98. The van der Waals surface area contributed by atoms with Crippen molar-refractivity contribution < 1.29 is 27.4 Å². The lowest BCUT2D eigenvalue weighted by Gasteiger charge is -2.19. The Balaban J connectivity index is 2.67. The summed E-state index contributed by atoms with van der Waals surface area (Å²) in [6.45, 7) is 7.25. The van der Waals surface area contributed by atoms with E-state index in [-0.39, 0.29) is 21.6 Å². The Morgan fingerprint density at radius 2 is 1.72 bits per heavy atom. The van der Waals surface area contributed by atoms with Gasteiger partial charge in [-0.2, -0.15) is 0 Å². The Hall–Kier alpha value is -2.14. The Bertz CT molecular complexity index is 1030. The van der Waals surface area contributed by atoms with Gasteiger partial charge in [0.15, 0.2) is 0 Å². The summed E-state index contributed by atoms with van der Waals surface area (Å²) >= 11 is 0.851. The van der Waals surface area contributed by atoms with Gasteiger partial charge in [-0.1, -0.05) is 6.92 Å². The third-order valence-electron chi connectivity index (χ3n) is 3.91. The number of carbonyl (C=O) groups excluding carboxylic acids is 1. The molecule has 0 fully saturated rings. The van der Waals surface area contributed by atoms with Gasteiger partial charge in [-0.05, 0) is 39.7 Å². The third-order valence-corrected chi connectivity index (χ3v) is 5.20. The standard InChI is InChI=1S/C18H23F3N2O5S/c1-6-7-22-13(24)11-10(2)12(15(25)28-17(3,4)5)29-14(11)23(16(22)26)8-9-27-18(19,20)21/h6-9H2,1-5H3. The monoisotopic (exact) mass is 436 g/mol. The van der Waals surface area contributed by atoms with E-state index in [9.17, 15) is 27.6 Å². The zero-order chi connectivity index (χ0) is 22.1. The molecule has 0 aliphatic heterocycles. The highest BCUT2D eigenvalue weighted by atomic mass is 32.1. The quantitative estimate of drug-likeness (QED) is 0.649. The number of thiophene rings is 1. The number of aryl methyl sites for hydroxylation is 1. The topological polar surface area (TPSA) is 79.5 Å². The fraction of sp³-hybridized carbons (Fsp3) is 0.611. The predicted molar refractivity (Wildman–Crippen MR) is 103 cm³/mol. The number of carbonyl (C=O) groups is 1. The molecule has 0 aliphatic rings. The molecule has 2 aromatic rings. The Labute approximate surface area is 168 Å². The van der Waals surface area contributed by atoms with Crippen molar-refractivity contribution in [1.29, 1.82) is 0 Å². The molecule has 0 N–H and O–H groups in total. The lowest BCUT2D eigenvalue weighted by Crippen LogP contribution is -2.40. The molecular formula is C18H23F3N2O5S. The van der Waals surface area contributed by atoms with Crippen LogP contribution in [-0.4, -0.2) is 33.7 Å². The van der Waals surface area contributed by atoms with Crippen molar-refractivity contribution in [3.63, 3.8) is 0 Å². The molecule has 0 saturated heterocycles. The molecule has 2 rings (SSSR count). The molecule has 0 atom stereocenters. The first-order valence-corrected chi connectivity index (χ1v) is 9.79. The van der Waals surface area contributed by atoms with Crippen LogP contribution in [0.3, 0.4) is 0 Å². The van der Waals surface area contributed by atoms with E-state index in [0.717, 1.165) is 20.5 Å². The first-order chi connectivity index (χ1) is 13.3. The number of rotatable bonds is 6. The highest BCUT2D eigenvalue weighted by molar-refractivity contribution is 7.20. The number of ether oxygens (including phenoxy) is 2. The van der Waals surface area contributed by atoms with Gasteiger partial charge in [0.25, 0.3) is 5.56 Å². The summed E-state index contributed by atoms with van der Waals surface area (Å²) < 4.78 is 48.2. The summed E-state index contributed by atoms with van der Waals surface area (Å²) in [6, 6.07) is 0. The van der Waals surface area contributed by atoms with Crippen molar-refractivity contribution in [3.8, 4) is 0 Å². The van der Waals surface area contributed by atoms with Gasteiger partial charge in [-0.3, -0.25) is 18.7 Å². The fourth-order valence-electron chi connectivity index (χ4n) is 2.78. The molecule has 0 aliphatic carbocycles.